The molecule has 2 atom stereocenters. The van der Waals surface area contributed by atoms with Crippen LogP contribution in [0.1, 0.15) is 19.3 Å². The normalized spacial score (nSPS) is 22.3. The fourth-order valence-electron chi connectivity index (χ4n) is 2.48. The van der Waals surface area contributed by atoms with Gasteiger partial charge in [0.25, 0.3) is 5.69 Å². The largest absolute Gasteiger partial charge is 0.393 e. The monoisotopic (exact) mass is 331 g/mol. The zero-order valence-electron chi connectivity index (χ0n) is 11.5. The number of nitrogen functional groups attached to an aromatic ring is 1. The summed E-state index contributed by atoms with van der Waals surface area (Å²) in [6, 6.07) is 3.34. The van der Waals surface area contributed by atoms with Crippen molar-refractivity contribution >= 4 is 33.2 Å². The van der Waals surface area contributed by atoms with Crippen LogP contribution < -0.4 is 10.5 Å². The third-order valence-corrected chi connectivity index (χ3v) is 6.23. The second kappa shape index (κ2) is 6.20. The molecule has 2 unspecified atom stereocenters. The summed E-state index contributed by atoms with van der Waals surface area (Å²) >= 11 is 1.64. The molecule has 0 heterocycles. The zero-order chi connectivity index (χ0) is 15.6. The average molecular weight is 331 g/mol. The predicted octanol–water partition coefficient (Wildman–Crippen LogP) is 1.74. The van der Waals surface area contributed by atoms with Crippen LogP contribution in [0.15, 0.2) is 23.1 Å². The van der Waals surface area contributed by atoms with E-state index in [9.17, 15) is 18.5 Å². The van der Waals surface area contributed by atoms with E-state index in [1.807, 2.05) is 6.26 Å². The number of hydrogen-bond donors (Lipinski definition) is 2. The van der Waals surface area contributed by atoms with Crippen molar-refractivity contribution in [1.29, 1.82) is 0 Å². The minimum atomic E-state index is -3.72. The Morgan fingerprint density at radius 1 is 1.43 bits per heavy atom. The van der Waals surface area contributed by atoms with E-state index < -0.39 is 14.9 Å². The van der Waals surface area contributed by atoms with E-state index in [1.165, 1.54) is 6.07 Å². The molecule has 1 fully saturated rings. The number of nitro groups is 1. The molecule has 0 radical (unpaired) electrons. The van der Waals surface area contributed by atoms with E-state index >= 15 is 0 Å². The van der Waals surface area contributed by atoms with Crippen LogP contribution in [0.3, 0.4) is 0 Å². The summed E-state index contributed by atoms with van der Waals surface area (Å²) < 4.78 is 27.3. The molecule has 9 heteroatoms. The lowest BCUT2D eigenvalue weighted by Crippen LogP contribution is -2.38. The SMILES string of the molecule is CSC1CCCC1NS(=O)(=O)c1ccc([N+](=O)[O-])c(N)c1. The minimum absolute atomic E-state index is 0.0441. The lowest BCUT2D eigenvalue weighted by Gasteiger charge is -2.19. The van der Waals surface area contributed by atoms with Crippen molar-refractivity contribution < 1.29 is 13.3 Å². The molecule has 0 bridgehead atoms. The minimum Gasteiger partial charge on any atom is -0.393 e. The number of hydrogen-bond acceptors (Lipinski definition) is 6. The van der Waals surface area contributed by atoms with E-state index in [1.54, 1.807) is 11.8 Å². The molecular formula is C12H17N3O4S2. The summed E-state index contributed by atoms with van der Waals surface area (Å²) in [5.74, 6) is 0. The first kappa shape index (κ1) is 16.1. The Kier molecular flexibility index (Phi) is 4.74. The molecule has 1 aromatic rings. The molecular weight excluding hydrogens is 314 g/mol. The van der Waals surface area contributed by atoms with E-state index in [2.05, 4.69) is 4.72 Å². The second-order valence-electron chi connectivity index (χ2n) is 4.91. The maximum atomic E-state index is 12.3. The average Bonchev–Trinajstić information content (AvgIpc) is 2.84. The van der Waals surface area contributed by atoms with Crippen LogP contribution in [0.4, 0.5) is 11.4 Å². The smallest absolute Gasteiger partial charge is 0.292 e. The summed E-state index contributed by atoms with van der Waals surface area (Å²) in [5.41, 5.74) is 5.09. The van der Waals surface area contributed by atoms with Crippen molar-refractivity contribution in [3.8, 4) is 0 Å². The van der Waals surface area contributed by atoms with Gasteiger partial charge in [0, 0.05) is 17.4 Å². The lowest BCUT2D eigenvalue weighted by molar-refractivity contribution is -0.383. The zero-order valence-corrected chi connectivity index (χ0v) is 13.1. The van der Waals surface area contributed by atoms with Crippen LogP contribution in [0.2, 0.25) is 0 Å². The van der Waals surface area contributed by atoms with Gasteiger partial charge in [-0.2, -0.15) is 11.8 Å². The van der Waals surface area contributed by atoms with Crippen LogP contribution in [-0.4, -0.2) is 30.9 Å². The molecule has 1 aliphatic rings. The number of benzene rings is 1. The Hall–Kier alpha value is -1.32. The van der Waals surface area contributed by atoms with Gasteiger partial charge in [0.1, 0.15) is 5.69 Å². The van der Waals surface area contributed by atoms with Gasteiger partial charge in [0.05, 0.1) is 9.82 Å². The molecule has 116 valence electrons. The molecule has 0 spiro atoms. The number of sulfonamides is 1. The van der Waals surface area contributed by atoms with Gasteiger partial charge in [-0.15, -0.1) is 0 Å². The highest BCUT2D eigenvalue weighted by Gasteiger charge is 2.31. The maximum absolute atomic E-state index is 12.3. The molecule has 0 aliphatic heterocycles. The number of nitrogens with zero attached hydrogens (tertiary/aromatic N) is 1. The molecule has 1 aromatic carbocycles. The Balaban J connectivity index is 2.23. The van der Waals surface area contributed by atoms with Crippen LogP contribution >= 0.6 is 11.8 Å². The summed E-state index contributed by atoms with van der Waals surface area (Å²) in [6.07, 6.45) is 4.73. The topological polar surface area (TPSA) is 115 Å². The number of anilines is 1. The quantitative estimate of drug-likeness (QED) is 0.482. The molecule has 1 saturated carbocycles. The maximum Gasteiger partial charge on any atom is 0.292 e. The fourth-order valence-corrected chi connectivity index (χ4v) is 4.84. The number of rotatable bonds is 5. The van der Waals surface area contributed by atoms with Crippen molar-refractivity contribution in [3.63, 3.8) is 0 Å². The van der Waals surface area contributed by atoms with Gasteiger partial charge >= 0.3 is 0 Å². The summed E-state index contributed by atoms with van der Waals surface area (Å²) in [4.78, 5) is 10.0. The molecule has 0 aromatic heterocycles. The molecule has 7 nitrogen and oxygen atoms in total. The van der Waals surface area contributed by atoms with E-state index in [0.29, 0.717) is 0 Å². The van der Waals surface area contributed by atoms with Gasteiger partial charge < -0.3 is 5.73 Å². The number of thioether (sulfide) groups is 1. The fraction of sp³-hybridized carbons (Fsp3) is 0.500. The van der Waals surface area contributed by atoms with Crippen molar-refractivity contribution in [2.45, 2.75) is 35.4 Å². The number of nitrogens with one attached hydrogen (secondary N) is 1. The Morgan fingerprint density at radius 2 is 2.14 bits per heavy atom. The van der Waals surface area contributed by atoms with E-state index in [4.69, 9.17) is 5.73 Å². The standard InChI is InChI=1S/C12H17N3O4S2/c1-20-12-4-2-3-10(12)14-21(18,19)8-5-6-11(15(16)17)9(13)7-8/h5-7,10,12,14H,2-4,13H2,1H3. The predicted molar refractivity (Wildman–Crippen MR) is 82.8 cm³/mol. The van der Waals surface area contributed by atoms with E-state index in [-0.39, 0.29) is 27.6 Å². The van der Waals surface area contributed by atoms with Gasteiger partial charge in [-0.3, -0.25) is 10.1 Å². The first-order valence-electron chi connectivity index (χ1n) is 6.44. The summed E-state index contributed by atoms with van der Waals surface area (Å²) in [7, 11) is -3.72. The van der Waals surface area contributed by atoms with Gasteiger partial charge in [0.15, 0.2) is 0 Å². The van der Waals surface area contributed by atoms with Crippen LogP contribution in [0, 0.1) is 10.1 Å². The molecule has 3 N–H and O–H groups in total. The second-order valence-corrected chi connectivity index (χ2v) is 7.70. The van der Waals surface area contributed by atoms with Crippen molar-refractivity contribution in [1.82, 2.24) is 4.72 Å². The highest BCUT2D eigenvalue weighted by Crippen LogP contribution is 2.30. The Morgan fingerprint density at radius 3 is 2.71 bits per heavy atom. The van der Waals surface area contributed by atoms with E-state index in [0.717, 1.165) is 31.4 Å². The first-order chi connectivity index (χ1) is 9.85. The van der Waals surface area contributed by atoms with Crippen LogP contribution in [0.5, 0.6) is 0 Å². The highest BCUT2D eigenvalue weighted by molar-refractivity contribution is 7.99. The first-order valence-corrected chi connectivity index (χ1v) is 9.21. The van der Waals surface area contributed by atoms with Crippen molar-refractivity contribution in [3.05, 3.63) is 28.3 Å². The summed E-state index contributed by atoms with van der Waals surface area (Å²) in [6.45, 7) is 0. The van der Waals surface area contributed by atoms with Crippen molar-refractivity contribution in [2.75, 3.05) is 12.0 Å². The third kappa shape index (κ3) is 3.47. The summed E-state index contributed by atoms with van der Waals surface area (Å²) in [5, 5.41) is 11.0. The lowest BCUT2D eigenvalue weighted by atomic mass is 10.3. The number of nitrogens with two attached hydrogens (primary N) is 1. The van der Waals surface area contributed by atoms with Gasteiger partial charge in [-0.25, -0.2) is 13.1 Å². The van der Waals surface area contributed by atoms with Crippen LogP contribution in [-0.2, 0) is 10.0 Å². The van der Waals surface area contributed by atoms with Gasteiger partial charge in [-0.1, -0.05) is 6.42 Å². The third-order valence-electron chi connectivity index (χ3n) is 3.57. The number of nitro benzene ring substituents is 1. The molecule has 0 saturated heterocycles. The van der Waals surface area contributed by atoms with Crippen LogP contribution in [0.25, 0.3) is 0 Å². The molecule has 21 heavy (non-hydrogen) atoms. The van der Waals surface area contributed by atoms with Crippen molar-refractivity contribution in [2.24, 2.45) is 0 Å². The Labute approximate surface area is 127 Å². The van der Waals surface area contributed by atoms with Gasteiger partial charge in [-0.05, 0) is 31.2 Å². The molecule has 1 aliphatic carbocycles. The Bertz CT molecular complexity index is 648. The molecule has 2 rings (SSSR count). The highest BCUT2D eigenvalue weighted by atomic mass is 32.2. The molecule has 0 amide bonds. The van der Waals surface area contributed by atoms with Gasteiger partial charge in [0.2, 0.25) is 10.0 Å².